The van der Waals surface area contributed by atoms with E-state index in [1.54, 1.807) is 12.1 Å². The van der Waals surface area contributed by atoms with Gasteiger partial charge in [0, 0.05) is 5.92 Å². The standard InChI is InChI=1S/C26H33N3O4S/c1-17(2)23-27-24(29-34(31,32)21-13-11-20(12-14-21)26(4,5)6)22(25(28-23)33-16-15-30)19-9-7-18(3)8-10-19/h7-14,17,30H,15-16H2,1-6H3,(H,27,28,29). The molecule has 182 valence electrons. The lowest BCUT2D eigenvalue weighted by molar-refractivity contribution is 0.197. The highest BCUT2D eigenvalue weighted by atomic mass is 32.2. The number of aryl methyl sites for hydroxylation is 1. The van der Waals surface area contributed by atoms with E-state index in [9.17, 15) is 13.5 Å². The molecule has 0 spiro atoms. The van der Waals surface area contributed by atoms with Crippen LogP contribution in [0.3, 0.4) is 0 Å². The summed E-state index contributed by atoms with van der Waals surface area (Å²) < 4.78 is 35.1. The smallest absolute Gasteiger partial charge is 0.263 e. The molecule has 0 unspecified atom stereocenters. The number of ether oxygens (including phenoxy) is 1. The molecule has 3 rings (SSSR count). The minimum Gasteiger partial charge on any atom is -0.475 e. The van der Waals surface area contributed by atoms with Crippen molar-refractivity contribution in [3.05, 3.63) is 65.5 Å². The van der Waals surface area contributed by atoms with Crippen molar-refractivity contribution < 1.29 is 18.3 Å². The highest BCUT2D eigenvalue weighted by Crippen LogP contribution is 2.37. The molecule has 0 amide bonds. The monoisotopic (exact) mass is 483 g/mol. The maximum Gasteiger partial charge on any atom is 0.263 e. The number of aromatic nitrogens is 2. The van der Waals surface area contributed by atoms with Gasteiger partial charge in [-0.1, -0.05) is 76.6 Å². The highest BCUT2D eigenvalue weighted by Gasteiger charge is 2.24. The number of hydrogen-bond acceptors (Lipinski definition) is 6. The lowest BCUT2D eigenvalue weighted by Crippen LogP contribution is -2.18. The third kappa shape index (κ3) is 5.93. The van der Waals surface area contributed by atoms with E-state index in [2.05, 4.69) is 35.5 Å². The zero-order valence-electron chi connectivity index (χ0n) is 20.6. The topological polar surface area (TPSA) is 101 Å². The van der Waals surface area contributed by atoms with Crippen molar-refractivity contribution >= 4 is 15.8 Å². The van der Waals surface area contributed by atoms with Gasteiger partial charge >= 0.3 is 0 Å². The molecule has 2 aromatic carbocycles. The van der Waals surface area contributed by atoms with Crippen LogP contribution in [-0.4, -0.2) is 36.7 Å². The molecular formula is C26H33N3O4S. The maximum absolute atomic E-state index is 13.4. The Bertz CT molecular complexity index is 1230. The average Bonchev–Trinajstić information content (AvgIpc) is 2.77. The quantitative estimate of drug-likeness (QED) is 0.465. The summed E-state index contributed by atoms with van der Waals surface area (Å²) in [6.07, 6.45) is 0. The van der Waals surface area contributed by atoms with Crippen molar-refractivity contribution in [3.8, 4) is 17.0 Å². The fourth-order valence-corrected chi connectivity index (χ4v) is 4.35. The fraction of sp³-hybridized carbons (Fsp3) is 0.385. The van der Waals surface area contributed by atoms with Crippen LogP contribution < -0.4 is 9.46 Å². The second kappa shape index (κ2) is 10.1. The number of aliphatic hydroxyl groups is 1. The Hall–Kier alpha value is -2.97. The summed E-state index contributed by atoms with van der Waals surface area (Å²) in [6.45, 7) is 11.8. The summed E-state index contributed by atoms with van der Waals surface area (Å²) in [5, 5.41) is 9.31. The molecule has 0 radical (unpaired) electrons. The number of nitrogens with zero attached hydrogens (tertiary/aromatic N) is 2. The van der Waals surface area contributed by atoms with Crippen molar-refractivity contribution in [2.45, 2.75) is 57.8 Å². The molecule has 0 bridgehead atoms. The van der Waals surface area contributed by atoms with Crippen LogP contribution in [0.1, 0.15) is 57.5 Å². The predicted octanol–water partition coefficient (Wildman–Crippen LogP) is 5.04. The number of hydrogen-bond donors (Lipinski definition) is 2. The molecule has 3 aromatic rings. The van der Waals surface area contributed by atoms with Crippen LogP contribution in [0.4, 0.5) is 5.82 Å². The van der Waals surface area contributed by atoms with Gasteiger partial charge in [0.25, 0.3) is 10.0 Å². The Balaban J connectivity index is 2.14. The molecule has 1 aromatic heterocycles. The van der Waals surface area contributed by atoms with Gasteiger partial charge in [-0.15, -0.1) is 0 Å². The SMILES string of the molecule is Cc1ccc(-c2c(NS(=O)(=O)c3ccc(C(C)(C)C)cc3)nc(C(C)C)nc2OCCO)cc1. The molecular weight excluding hydrogens is 450 g/mol. The summed E-state index contributed by atoms with van der Waals surface area (Å²) in [5.74, 6) is 0.718. The Morgan fingerprint density at radius 2 is 1.62 bits per heavy atom. The average molecular weight is 484 g/mol. The van der Waals surface area contributed by atoms with Gasteiger partial charge in [0.15, 0.2) is 5.82 Å². The largest absolute Gasteiger partial charge is 0.475 e. The molecule has 2 N–H and O–H groups in total. The number of benzene rings is 2. The van der Waals surface area contributed by atoms with Gasteiger partial charge in [-0.25, -0.2) is 13.4 Å². The van der Waals surface area contributed by atoms with Crippen LogP contribution >= 0.6 is 0 Å². The van der Waals surface area contributed by atoms with Gasteiger partial charge in [-0.3, -0.25) is 4.72 Å². The van der Waals surface area contributed by atoms with E-state index in [4.69, 9.17) is 4.74 Å². The molecule has 0 fully saturated rings. The van der Waals surface area contributed by atoms with Gasteiger partial charge in [0.2, 0.25) is 5.88 Å². The third-order valence-electron chi connectivity index (χ3n) is 5.34. The van der Waals surface area contributed by atoms with E-state index < -0.39 is 10.0 Å². The van der Waals surface area contributed by atoms with E-state index in [0.29, 0.717) is 17.0 Å². The minimum absolute atomic E-state index is 0.0217. The first-order valence-corrected chi connectivity index (χ1v) is 12.8. The van der Waals surface area contributed by atoms with Gasteiger partial charge in [0.1, 0.15) is 12.4 Å². The zero-order chi connectivity index (χ0) is 25.1. The van der Waals surface area contributed by atoms with E-state index in [1.165, 1.54) is 0 Å². The van der Waals surface area contributed by atoms with Crippen LogP contribution in [0.15, 0.2) is 53.4 Å². The van der Waals surface area contributed by atoms with Crippen LogP contribution in [-0.2, 0) is 15.4 Å². The Morgan fingerprint density at radius 3 is 2.15 bits per heavy atom. The third-order valence-corrected chi connectivity index (χ3v) is 6.70. The van der Waals surface area contributed by atoms with Gasteiger partial charge in [-0.2, -0.15) is 4.98 Å². The van der Waals surface area contributed by atoms with Crippen LogP contribution in [0.2, 0.25) is 0 Å². The summed E-state index contributed by atoms with van der Waals surface area (Å²) in [5.41, 5.74) is 3.13. The Labute approximate surface area is 202 Å². The number of nitrogens with one attached hydrogen (secondary N) is 1. The second-order valence-electron chi connectivity index (χ2n) is 9.58. The van der Waals surface area contributed by atoms with Crippen molar-refractivity contribution in [1.29, 1.82) is 0 Å². The van der Waals surface area contributed by atoms with E-state index in [0.717, 1.165) is 11.1 Å². The molecule has 0 aliphatic heterocycles. The van der Waals surface area contributed by atoms with Gasteiger partial charge in [0.05, 0.1) is 17.1 Å². The van der Waals surface area contributed by atoms with Crippen molar-refractivity contribution in [3.63, 3.8) is 0 Å². The van der Waals surface area contributed by atoms with Crippen molar-refractivity contribution in [2.75, 3.05) is 17.9 Å². The fourth-order valence-electron chi connectivity index (χ4n) is 3.34. The first-order valence-electron chi connectivity index (χ1n) is 11.3. The Morgan fingerprint density at radius 1 is 1.00 bits per heavy atom. The number of anilines is 1. The lowest BCUT2D eigenvalue weighted by Gasteiger charge is -2.20. The zero-order valence-corrected chi connectivity index (χ0v) is 21.4. The van der Waals surface area contributed by atoms with Crippen LogP contribution in [0.25, 0.3) is 11.1 Å². The van der Waals surface area contributed by atoms with Crippen molar-refractivity contribution in [1.82, 2.24) is 9.97 Å². The summed E-state index contributed by atoms with van der Waals surface area (Å²) in [4.78, 5) is 9.23. The molecule has 8 heteroatoms. The molecule has 0 saturated carbocycles. The second-order valence-corrected chi connectivity index (χ2v) is 11.3. The van der Waals surface area contributed by atoms with E-state index in [-0.39, 0.29) is 41.1 Å². The Kier molecular flexibility index (Phi) is 7.63. The van der Waals surface area contributed by atoms with E-state index in [1.807, 2.05) is 57.2 Å². The molecule has 1 heterocycles. The normalized spacial score (nSPS) is 12.1. The molecule has 7 nitrogen and oxygen atoms in total. The number of aliphatic hydroxyl groups excluding tert-OH is 1. The predicted molar refractivity (Wildman–Crippen MR) is 135 cm³/mol. The number of sulfonamides is 1. The summed E-state index contributed by atoms with van der Waals surface area (Å²) >= 11 is 0. The molecule has 0 aliphatic carbocycles. The van der Waals surface area contributed by atoms with E-state index >= 15 is 0 Å². The molecule has 0 atom stereocenters. The minimum atomic E-state index is -3.94. The van der Waals surface area contributed by atoms with Gasteiger partial charge in [-0.05, 0) is 35.6 Å². The lowest BCUT2D eigenvalue weighted by atomic mass is 9.87. The first-order chi connectivity index (χ1) is 15.9. The molecule has 0 aliphatic rings. The maximum atomic E-state index is 13.4. The van der Waals surface area contributed by atoms with Crippen LogP contribution in [0, 0.1) is 6.92 Å². The van der Waals surface area contributed by atoms with Crippen LogP contribution in [0.5, 0.6) is 5.88 Å². The van der Waals surface area contributed by atoms with Crippen molar-refractivity contribution in [2.24, 2.45) is 0 Å². The van der Waals surface area contributed by atoms with Gasteiger partial charge < -0.3 is 9.84 Å². The highest BCUT2D eigenvalue weighted by molar-refractivity contribution is 7.92. The molecule has 34 heavy (non-hydrogen) atoms. The first kappa shape index (κ1) is 25.6. The summed E-state index contributed by atoms with van der Waals surface area (Å²) in [6, 6.07) is 14.4. The summed E-state index contributed by atoms with van der Waals surface area (Å²) in [7, 11) is -3.94. The number of rotatable bonds is 8. The molecule has 0 saturated heterocycles.